The Labute approximate surface area is 87.5 Å². The fourth-order valence-corrected chi connectivity index (χ4v) is 1.37. The fourth-order valence-electron chi connectivity index (χ4n) is 1.37. The van der Waals surface area contributed by atoms with Crippen LogP contribution in [0.3, 0.4) is 0 Å². The lowest BCUT2D eigenvalue weighted by molar-refractivity contribution is -0.0229. The lowest BCUT2D eigenvalue weighted by atomic mass is 10.1. The number of aliphatic hydroxyl groups is 1. The number of aliphatic hydroxyl groups excluding tert-OH is 1. The summed E-state index contributed by atoms with van der Waals surface area (Å²) in [6, 6.07) is 2.97. The van der Waals surface area contributed by atoms with Gasteiger partial charge in [0.2, 0.25) is 0 Å². The number of hydrogen-bond donors (Lipinski definition) is 1. The SMILES string of the molecule is CCOC(C)C(O)c1cc(F)cc(F)c1. The minimum absolute atomic E-state index is 0.188. The maximum atomic E-state index is 12.8. The first-order valence-corrected chi connectivity index (χ1v) is 4.80. The summed E-state index contributed by atoms with van der Waals surface area (Å²) >= 11 is 0. The van der Waals surface area contributed by atoms with E-state index < -0.39 is 23.8 Å². The highest BCUT2D eigenvalue weighted by Crippen LogP contribution is 2.20. The van der Waals surface area contributed by atoms with Gasteiger partial charge in [0.15, 0.2) is 0 Å². The number of rotatable bonds is 4. The van der Waals surface area contributed by atoms with Gasteiger partial charge in [-0.05, 0) is 31.5 Å². The van der Waals surface area contributed by atoms with Crippen LogP contribution < -0.4 is 0 Å². The number of benzene rings is 1. The molecule has 0 aliphatic carbocycles. The van der Waals surface area contributed by atoms with E-state index in [1.165, 1.54) is 0 Å². The third kappa shape index (κ3) is 3.25. The first kappa shape index (κ1) is 12.1. The quantitative estimate of drug-likeness (QED) is 0.837. The third-order valence-electron chi connectivity index (χ3n) is 2.10. The van der Waals surface area contributed by atoms with Gasteiger partial charge in [-0.3, -0.25) is 0 Å². The molecule has 0 aliphatic heterocycles. The molecule has 1 aromatic carbocycles. The van der Waals surface area contributed by atoms with Gasteiger partial charge in [-0.1, -0.05) is 0 Å². The van der Waals surface area contributed by atoms with Crippen molar-refractivity contribution in [2.24, 2.45) is 0 Å². The fraction of sp³-hybridized carbons (Fsp3) is 0.455. The predicted octanol–water partition coefficient (Wildman–Crippen LogP) is 2.42. The van der Waals surface area contributed by atoms with E-state index in [2.05, 4.69) is 0 Å². The van der Waals surface area contributed by atoms with Crippen molar-refractivity contribution < 1.29 is 18.6 Å². The van der Waals surface area contributed by atoms with E-state index in [1.807, 2.05) is 0 Å². The Bertz CT molecular complexity index is 308. The summed E-state index contributed by atoms with van der Waals surface area (Å²) in [7, 11) is 0. The van der Waals surface area contributed by atoms with Crippen LogP contribution in [0, 0.1) is 11.6 Å². The second-order valence-corrected chi connectivity index (χ2v) is 3.31. The Hall–Kier alpha value is -1.00. The molecule has 1 aromatic rings. The van der Waals surface area contributed by atoms with Crippen LogP contribution in [-0.2, 0) is 4.74 Å². The number of ether oxygens (including phenoxy) is 1. The van der Waals surface area contributed by atoms with Crippen LogP contribution in [0.1, 0.15) is 25.5 Å². The van der Waals surface area contributed by atoms with Crippen molar-refractivity contribution in [3.8, 4) is 0 Å². The highest BCUT2D eigenvalue weighted by Gasteiger charge is 2.17. The zero-order chi connectivity index (χ0) is 11.4. The Morgan fingerprint density at radius 3 is 2.27 bits per heavy atom. The lowest BCUT2D eigenvalue weighted by Crippen LogP contribution is -2.18. The average Bonchev–Trinajstić information content (AvgIpc) is 2.15. The van der Waals surface area contributed by atoms with Crippen LogP contribution in [0.25, 0.3) is 0 Å². The highest BCUT2D eigenvalue weighted by atomic mass is 19.1. The molecular weight excluding hydrogens is 202 g/mol. The summed E-state index contributed by atoms with van der Waals surface area (Å²) in [4.78, 5) is 0. The van der Waals surface area contributed by atoms with E-state index in [0.717, 1.165) is 18.2 Å². The molecule has 15 heavy (non-hydrogen) atoms. The summed E-state index contributed by atoms with van der Waals surface area (Å²) in [6.07, 6.45) is -1.51. The molecule has 0 aliphatic rings. The molecule has 0 aromatic heterocycles. The maximum absolute atomic E-state index is 12.8. The maximum Gasteiger partial charge on any atom is 0.126 e. The summed E-state index contributed by atoms with van der Waals surface area (Å²) in [5, 5.41) is 9.71. The van der Waals surface area contributed by atoms with Crippen LogP contribution in [0.4, 0.5) is 8.78 Å². The average molecular weight is 216 g/mol. The van der Waals surface area contributed by atoms with Gasteiger partial charge in [0.05, 0.1) is 6.10 Å². The van der Waals surface area contributed by atoms with Gasteiger partial charge in [0.25, 0.3) is 0 Å². The molecule has 0 fully saturated rings. The summed E-state index contributed by atoms with van der Waals surface area (Å²) < 4.78 is 30.8. The summed E-state index contributed by atoms with van der Waals surface area (Å²) in [5.41, 5.74) is 0.188. The van der Waals surface area contributed by atoms with Gasteiger partial charge in [-0.2, -0.15) is 0 Å². The van der Waals surface area contributed by atoms with Crippen LogP contribution in [0.5, 0.6) is 0 Å². The smallest absolute Gasteiger partial charge is 0.126 e. The van der Waals surface area contributed by atoms with Crippen LogP contribution in [0.15, 0.2) is 18.2 Å². The van der Waals surface area contributed by atoms with Crippen molar-refractivity contribution >= 4 is 0 Å². The number of hydrogen-bond acceptors (Lipinski definition) is 2. The Morgan fingerprint density at radius 2 is 1.80 bits per heavy atom. The van der Waals surface area contributed by atoms with E-state index in [9.17, 15) is 13.9 Å². The van der Waals surface area contributed by atoms with Gasteiger partial charge < -0.3 is 9.84 Å². The first-order chi connectivity index (χ1) is 7.04. The van der Waals surface area contributed by atoms with Crippen LogP contribution in [0.2, 0.25) is 0 Å². The Balaban J connectivity index is 2.85. The van der Waals surface area contributed by atoms with E-state index >= 15 is 0 Å². The third-order valence-corrected chi connectivity index (χ3v) is 2.10. The van der Waals surface area contributed by atoms with E-state index in [0.29, 0.717) is 6.61 Å². The molecule has 0 saturated heterocycles. The normalized spacial score (nSPS) is 15.0. The van der Waals surface area contributed by atoms with Gasteiger partial charge in [0.1, 0.15) is 17.7 Å². The zero-order valence-electron chi connectivity index (χ0n) is 8.71. The molecule has 0 saturated carbocycles. The summed E-state index contributed by atoms with van der Waals surface area (Å²) in [5.74, 6) is -1.40. The monoisotopic (exact) mass is 216 g/mol. The lowest BCUT2D eigenvalue weighted by Gasteiger charge is -2.19. The molecular formula is C11H14F2O2. The topological polar surface area (TPSA) is 29.5 Å². The van der Waals surface area contributed by atoms with Crippen molar-refractivity contribution in [3.63, 3.8) is 0 Å². The molecule has 1 N–H and O–H groups in total. The van der Waals surface area contributed by atoms with Gasteiger partial charge in [-0.15, -0.1) is 0 Å². The predicted molar refractivity (Wildman–Crippen MR) is 52.4 cm³/mol. The molecule has 84 valence electrons. The molecule has 2 unspecified atom stereocenters. The molecule has 0 radical (unpaired) electrons. The van der Waals surface area contributed by atoms with E-state index in [-0.39, 0.29) is 5.56 Å². The molecule has 2 atom stereocenters. The molecule has 0 bridgehead atoms. The van der Waals surface area contributed by atoms with Crippen LogP contribution in [-0.4, -0.2) is 17.8 Å². The highest BCUT2D eigenvalue weighted by molar-refractivity contribution is 5.20. The molecule has 4 heteroatoms. The van der Waals surface area contributed by atoms with E-state index in [1.54, 1.807) is 13.8 Å². The summed E-state index contributed by atoms with van der Waals surface area (Å²) in [6.45, 7) is 3.88. The van der Waals surface area contributed by atoms with Gasteiger partial charge >= 0.3 is 0 Å². The van der Waals surface area contributed by atoms with Crippen molar-refractivity contribution in [1.82, 2.24) is 0 Å². The van der Waals surface area contributed by atoms with Crippen LogP contribution >= 0.6 is 0 Å². The Kier molecular flexibility index (Phi) is 4.17. The molecule has 0 heterocycles. The largest absolute Gasteiger partial charge is 0.386 e. The molecule has 1 rings (SSSR count). The van der Waals surface area contributed by atoms with Crippen molar-refractivity contribution in [3.05, 3.63) is 35.4 Å². The molecule has 0 amide bonds. The van der Waals surface area contributed by atoms with Gasteiger partial charge in [0, 0.05) is 12.7 Å². The first-order valence-electron chi connectivity index (χ1n) is 4.80. The second kappa shape index (κ2) is 5.19. The molecule has 2 nitrogen and oxygen atoms in total. The Morgan fingerprint density at radius 1 is 1.27 bits per heavy atom. The minimum Gasteiger partial charge on any atom is -0.386 e. The molecule has 0 spiro atoms. The van der Waals surface area contributed by atoms with Crippen molar-refractivity contribution in [2.75, 3.05) is 6.61 Å². The van der Waals surface area contributed by atoms with E-state index in [4.69, 9.17) is 4.74 Å². The zero-order valence-corrected chi connectivity index (χ0v) is 8.71. The van der Waals surface area contributed by atoms with Crippen molar-refractivity contribution in [1.29, 1.82) is 0 Å². The van der Waals surface area contributed by atoms with Gasteiger partial charge in [-0.25, -0.2) is 8.78 Å². The number of halogens is 2. The second-order valence-electron chi connectivity index (χ2n) is 3.31. The minimum atomic E-state index is -1.02. The standard InChI is InChI=1S/C11H14F2O2/c1-3-15-7(2)11(14)8-4-9(12)6-10(13)5-8/h4-7,11,14H,3H2,1-2H3. The van der Waals surface area contributed by atoms with Crippen molar-refractivity contribution in [2.45, 2.75) is 26.1 Å².